The van der Waals surface area contributed by atoms with Crippen LogP contribution in [0.1, 0.15) is 26.7 Å². The third-order valence-corrected chi connectivity index (χ3v) is 1.89. The van der Waals surface area contributed by atoms with Gasteiger partial charge in [0.2, 0.25) is 0 Å². The minimum Gasteiger partial charge on any atom is -0.438 e. The molecule has 1 N–H and O–H groups in total. The lowest BCUT2D eigenvalue weighted by atomic mass is 10.2. The number of ether oxygens (including phenoxy) is 4. The Morgan fingerprint density at radius 1 is 1.06 bits per heavy atom. The molecule has 0 aliphatic heterocycles. The van der Waals surface area contributed by atoms with Gasteiger partial charge in [-0.1, -0.05) is 0 Å². The highest BCUT2D eigenvalue weighted by atomic mass is 16.7. The Morgan fingerprint density at radius 3 is 2.17 bits per heavy atom. The topological polar surface area (TPSA) is 91.3 Å². The highest BCUT2D eigenvalue weighted by Crippen LogP contribution is 2.01. The fourth-order valence-electron chi connectivity index (χ4n) is 0.915. The summed E-state index contributed by atoms with van der Waals surface area (Å²) in [4.78, 5) is 22.3. The molecule has 18 heavy (non-hydrogen) atoms. The molecule has 0 rings (SSSR count). The predicted molar refractivity (Wildman–Crippen MR) is 60.4 cm³/mol. The molecular formula is C11H20O7. The Kier molecular flexibility index (Phi) is 10.2. The quantitative estimate of drug-likeness (QED) is 0.342. The van der Waals surface area contributed by atoms with E-state index in [0.29, 0.717) is 13.2 Å². The summed E-state index contributed by atoms with van der Waals surface area (Å²) in [5.74, 6) is -1.36. The summed E-state index contributed by atoms with van der Waals surface area (Å²) in [5, 5.41) is 9.37. The zero-order valence-electron chi connectivity index (χ0n) is 10.7. The van der Waals surface area contributed by atoms with E-state index in [1.165, 1.54) is 0 Å². The van der Waals surface area contributed by atoms with Crippen molar-refractivity contribution in [3.63, 3.8) is 0 Å². The van der Waals surface area contributed by atoms with Crippen molar-refractivity contribution in [2.24, 2.45) is 0 Å². The van der Waals surface area contributed by atoms with Crippen molar-refractivity contribution >= 4 is 11.9 Å². The van der Waals surface area contributed by atoms with Crippen molar-refractivity contribution in [2.75, 3.05) is 26.8 Å². The van der Waals surface area contributed by atoms with Crippen LogP contribution < -0.4 is 0 Å². The smallest absolute Gasteiger partial charge is 0.337 e. The molecule has 0 heterocycles. The second-order valence-electron chi connectivity index (χ2n) is 3.26. The molecule has 0 saturated carbocycles. The largest absolute Gasteiger partial charge is 0.438 e. The molecule has 0 bridgehead atoms. The predicted octanol–water partition coefficient (Wildman–Crippen LogP) is 0.202. The SMILES string of the molecule is CCOCOC(=O)CCC(O)C(=O)OCOCC. The van der Waals surface area contributed by atoms with Crippen LogP contribution >= 0.6 is 0 Å². The minimum absolute atomic E-state index is 0.0596. The van der Waals surface area contributed by atoms with Gasteiger partial charge in [0.15, 0.2) is 19.7 Å². The summed E-state index contributed by atoms with van der Waals surface area (Å²) in [7, 11) is 0. The van der Waals surface area contributed by atoms with E-state index in [1.807, 2.05) is 0 Å². The van der Waals surface area contributed by atoms with Crippen molar-refractivity contribution < 1.29 is 33.6 Å². The summed E-state index contributed by atoms with van der Waals surface area (Å²) in [5.41, 5.74) is 0. The first-order chi connectivity index (χ1) is 8.61. The average molecular weight is 264 g/mol. The number of aliphatic hydroxyl groups is 1. The third-order valence-electron chi connectivity index (χ3n) is 1.89. The zero-order valence-corrected chi connectivity index (χ0v) is 10.7. The van der Waals surface area contributed by atoms with E-state index in [1.54, 1.807) is 13.8 Å². The summed E-state index contributed by atoms with van der Waals surface area (Å²) in [6, 6.07) is 0. The van der Waals surface area contributed by atoms with Gasteiger partial charge in [0, 0.05) is 19.6 Å². The van der Waals surface area contributed by atoms with E-state index >= 15 is 0 Å². The number of hydrogen-bond donors (Lipinski definition) is 1. The van der Waals surface area contributed by atoms with Crippen molar-refractivity contribution in [2.45, 2.75) is 32.8 Å². The van der Waals surface area contributed by atoms with Gasteiger partial charge in [-0.25, -0.2) is 4.79 Å². The second kappa shape index (κ2) is 10.9. The summed E-state index contributed by atoms with van der Waals surface area (Å²) < 4.78 is 18.8. The Labute approximate surface area is 106 Å². The number of carbonyl (C=O) groups excluding carboxylic acids is 2. The molecule has 7 nitrogen and oxygen atoms in total. The molecule has 1 unspecified atom stereocenters. The molecule has 106 valence electrons. The molecule has 0 spiro atoms. The van der Waals surface area contributed by atoms with Gasteiger partial charge in [0.05, 0.1) is 0 Å². The van der Waals surface area contributed by atoms with Crippen LogP contribution in [-0.2, 0) is 28.5 Å². The van der Waals surface area contributed by atoms with Crippen LogP contribution in [0.4, 0.5) is 0 Å². The van der Waals surface area contributed by atoms with Crippen LogP contribution in [0.25, 0.3) is 0 Å². The molecule has 0 aromatic heterocycles. The molecule has 0 aromatic rings. The number of rotatable bonds is 10. The lowest BCUT2D eigenvalue weighted by molar-refractivity contribution is -0.167. The van der Waals surface area contributed by atoms with E-state index < -0.39 is 18.0 Å². The van der Waals surface area contributed by atoms with Crippen LogP contribution in [0.2, 0.25) is 0 Å². The molecule has 0 fully saturated rings. The summed E-state index contributed by atoms with van der Waals surface area (Å²) >= 11 is 0. The van der Waals surface area contributed by atoms with Gasteiger partial charge >= 0.3 is 11.9 Å². The van der Waals surface area contributed by atoms with Gasteiger partial charge in [0.25, 0.3) is 0 Å². The summed E-state index contributed by atoms with van der Waals surface area (Å²) in [6.45, 7) is 4.04. The first kappa shape index (κ1) is 16.8. The number of aliphatic hydroxyl groups excluding tert-OH is 1. The zero-order chi connectivity index (χ0) is 13.8. The van der Waals surface area contributed by atoms with Gasteiger partial charge in [0.1, 0.15) is 0 Å². The minimum atomic E-state index is -1.36. The Balaban J connectivity index is 3.64. The highest BCUT2D eigenvalue weighted by Gasteiger charge is 2.18. The Hall–Kier alpha value is -1.18. The van der Waals surface area contributed by atoms with Crippen molar-refractivity contribution in [1.82, 2.24) is 0 Å². The fraction of sp³-hybridized carbons (Fsp3) is 0.818. The molecule has 0 aliphatic carbocycles. The molecule has 1 atom stereocenters. The van der Waals surface area contributed by atoms with E-state index in [9.17, 15) is 14.7 Å². The molecule has 7 heteroatoms. The fourth-order valence-corrected chi connectivity index (χ4v) is 0.915. The standard InChI is InChI=1S/C11H20O7/c1-3-15-7-17-10(13)6-5-9(12)11(14)18-8-16-4-2/h9,12H,3-8H2,1-2H3. The molecular weight excluding hydrogens is 244 g/mol. The van der Waals surface area contributed by atoms with Crippen LogP contribution in [0.5, 0.6) is 0 Å². The van der Waals surface area contributed by atoms with E-state index in [-0.39, 0.29) is 26.4 Å². The Morgan fingerprint density at radius 2 is 1.61 bits per heavy atom. The molecule has 0 radical (unpaired) electrons. The number of esters is 2. The van der Waals surface area contributed by atoms with Gasteiger partial charge in [-0.3, -0.25) is 4.79 Å². The molecule has 0 amide bonds. The van der Waals surface area contributed by atoms with Crippen LogP contribution in [0, 0.1) is 0 Å². The lowest BCUT2D eigenvalue weighted by Gasteiger charge is -2.10. The van der Waals surface area contributed by atoms with Gasteiger partial charge in [-0.05, 0) is 20.3 Å². The third kappa shape index (κ3) is 8.91. The monoisotopic (exact) mass is 264 g/mol. The summed E-state index contributed by atoms with van der Waals surface area (Å²) in [6.07, 6.45) is -1.50. The highest BCUT2D eigenvalue weighted by molar-refractivity contribution is 5.76. The number of carbonyl (C=O) groups is 2. The van der Waals surface area contributed by atoms with Gasteiger partial charge in [-0.2, -0.15) is 0 Å². The number of hydrogen-bond acceptors (Lipinski definition) is 7. The Bertz CT molecular complexity index is 242. The maximum atomic E-state index is 11.2. The van der Waals surface area contributed by atoms with Crippen LogP contribution in [0.3, 0.4) is 0 Å². The maximum Gasteiger partial charge on any atom is 0.337 e. The lowest BCUT2D eigenvalue weighted by Crippen LogP contribution is -2.25. The first-order valence-electron chi connectivity index (χ1n) is 5.77. The van der Waals surface area contributed by atoms with Crippen LogP contribution in [0.15, 0.2) is 0 Å². The second-order valence-corrected chi connectivity index (χ2v) is 3.26. The molecule has 0 aliphatic rings. The van der Waals surface area contributed by atoms with Crippen molar-refractivity contribution in [3.8, 4) is 0 Å². The van der Waals surface area contributed by atoms with E-state index in [0.717, 1.165) is 0 Å². The van der Waals surface area contributed by atoms with Crippen LogP contribution in [-0.4, -0.2) is 49.9 Å². The maximum absolute atomic E-state index is 11.2. The molecule has 0 aromatic carbocycles. The first-order valence-corrected chi connectivity index (χ1v) is 5.77. The van der Waals surface area contributed by atoms with E-state index in [4.69, 9.17) is 9.47 Å². The molecule has 0 saturated heterocycles. The normalized spacial score (nSPS) is 11.9. The average Bonchev–Trinajstić information content (AvgIpc) is 2.36. The van der Waals surface area contributed by atoms with Gasteiger partial charge < -0.3 is 24.1 Å². The van der Waals surface area contributed by atoms with Crippen molar-refractivity contribution in [1.29, 1.82) is 0 Å². The van der Waals surface area contributed by atoms with Crippen molar-refractivity contribution in [3.05, 3.63) is 0 Å². The van der Waals surface area contributed by atoms with Gasteiger partial charge in [-0.15, -0.1) is 0 Å². The van der Waals surface area contributed by atoms with E-state index in [2.05, 4.69) is 9.47 Å².